The average Bonchev–Trinajstić information content (AvgIpc) is 2.53. The number of rotatable bonds is 6. The predicted octanol–water partition coefficient (Wildman–Crippen LogP) is 3.89. The minimum atomic E-state index is -0.895. The second kappa shape index (κ2) is 6.71. The van der Waals surface area contributed by atoms with Crippen molar-refractivity contribution in [2.24, 2.45) is 0 Å². The molecule has 21 heavy (non-hydrogen) atoms. The Morgan fingerprint density at radius 2 is 1.67 bits per heavy atom. The maximum atomic E-state index is 11.4. The summed E-state index contributed by atoms with van der Waals surface area (Å²) in [7, 11) is 0. The van der Waals surface area contributed by atoms with Crippen molar-refractivity contribution in [3.63, 3.8) is 0 Å². The van der Waals surface area contributed by atoms with Gasteiger partial charge in [0.2, 0.25) is 0 Å². The zero-order valence-corrected chi connectivity index (χ0v) is 12.0. The summed E-state index contributed by atoms with van der Waals surface area (Å²) in [6.07, 6.45) is 0.806. The number of hydrogen-bond acceptors (Lipinski definition) is 3. The van der Waals surface area contributed by atoms with Crippen molar-refractivity contribution < 1.29 is 4.79 Å². The Morgan fingerprint density at radius 1 is 1.10 bits per heavy atom. The first-order valence-electron chi connectivity index (χ1n) is 6.96. The summed E-state index contributed by atoms with van der Waals surface area (Å²) in [4.78, 5) is 11.4. The van der Waals surface area contributed by atoms with Crippen LogP contribution in [0.15, 0.2) is 60.7 Å². The van der Waals surface area contributed by atoms with Gasteiger partial charge in [0.25, 0.3) is 0 Å². The maximum Gasteiger partial charge on any atom is 0.151 e. The molecule has 1 atom stereocenters. The van der Waals surface area contributed by atoms with E-state index >= 15 is 0 Å². The van der Waals surface area contributed by atoms with Gasteiger partial charge in [-0.05, 0) is 31.0 Å². The molecule has 0 aliphatic carbocycles. The molecule has 0 radical (unpaired) electrons. The molecule has 0 spiro atoms. The second-order valence-electron chi connectivity index (χ2n) is 5.08. The van der Waals surface area contributed by atoms with E-state index in [0.717, 1.165) is 11.3 Å². The molecule has 0 bridgehead atoms. The summed E-state index contributed by atoms with van der Waals surface area (Å²) in [6.45, 7) is 1.55. The summed E-state index contributed by atoms with van der Waals surface area (Å²) in [5, 5.41) is 13.1. The molecular weight excluding hydrogens is 260 g/mol. The van der Waals surface area contributed by atoms with Gasteiger partial charge in [0.05, 0.1) is 6.07 Å². The van der Waals surface area contributed by atoms with Crippen LogP contribution in [0.3, 0.4) is 0 Å². The van der Waals surface area contributed by atoms with E-state index in [4.69, 9.17) is 0 Å². The van der Waals surface area contributed by atoms with E-state index in [0.29, 0.717) is 12.8 Å². The summed E-state index contributed by atoms with van der Waals surface area (Å²) < 4.78 is 0. The third-order valence-corrected chi connectivity index (χ3v) is 3.44. The smallest absolute Gasteiger partial charge is 0.151 e. The topological polar surface area (TPSA) is 52.9 Å². The molecule has 3 heteroatoms. The van der Waals surface area contributed by atoms with Crippen molar-refractivity contribution >= 4 is 11.5 Å². The zero-order chi connectivity index (χ0) is 15.1. The van der Waals surface area contributed by atoms with Gasteiger partial charge in [-0.1, -0.05) is 48.5 Å². The monoisotopic (exact) mass is 278 g/mol. The van der Waals surface area contributed by atoms with Gasteiger partial charge in [0.1, 0.15) is 5.78 Å². The van der Waals surface area contributed by atoms with Crippen LogP contribution in [0.1, 0.15) is 25.3 Å². The molecule has 2 aromatic carbocycles. The van der Waals surface area contributed by atoms with E-state index in [1.54, 1.807) is 6.92 Å². The lowest BCUT2D eigenvalue weighted by Gasteiger charge is -2.29. The molecule has 106 valence electrons. The fourth-order valence-electron chi connectivity index (χ4n) is 2.28. The van der Waals surface area contributed by atoms with Gasteiger partial charge < -0.3 is 10.1 Å². The highest BCUT2D eigenvalue weighted by Gasteiger charge is 2.32. The summed E-state index contributed by atoms with van der Waals surface area (Å²) >= 11 is 0. The number of anilines is 1. The first kappa shape index (κ1) is 14.8. The number of para-hydroxylation sites is 1. The Morgan fingerprint density at radius 3 is 2.19 bits per heavy atom. The average molecular weight is 278 g/mol. The molecule has 0 aliphatic heterocycles. The lowest BCUT2D eigenvalue weighted by molar-refractivity contribution is -0.117. The van der Waals surface area contributed by atoms with E-state index in [1.807, 2.05) is 60.7 Å². The highest BCUT2D eigenvalue weighted by atomic mass is 16.1. The van der Waals surface area contributed by atoms with Crippen LogP contribution >= 0.6 is 0 Å². The number of nitrogens with one attached hydrogen (secondary N) is 1. The molecule has 0 amide bonds. The Balaban J connectivity index is 2.37. The second-order valence-corrected chi connectivity index (χ2v) is 5.08. The molecular formula is C18H18N2O. The van der Waals surface area contributed by atoms with Crippen molar-refractivity contribution in [1.29, 1.82) is 5.26 Å². The van der Waals surface area contributed by atoms with Crippen molar-refractivity contribution in [1.82, 2.24) is 0 Å². The number of hydrogen-bond donors (Lipinski definition) is 1. The molecule has 0 saturated carbocycles. The number of nitriles is 1. The van der Waals surface area contributed by atoms with E-state index < -0.39 is 5.54 Å². The van der Waals surface area contributed by atoms with Crippen molar-refractivity contribution in [3.8, 4) is 6.07 Å². The number of Topliss-reactive ketones (excluding diaryl/α,β-unsaturated/α-hetero) is 1. The van der Waals surface area contributed by atoms with Crippen molar-refractivity contribution in [2.75, 3.05) is 5.32 Å². The summed E-state index contributed by atoms with van der Waals surface area (Å²) in [5.41, 5.74) is 0.845. The lowest BCUT2D eigenvalue weighted by Crippen LogP contribution is -2.34. The van der Waals surface area contributed by atoms with Crippen LogP contribution in [0.2, 0.25) is 0 Å². The first-order chi connectivity index (χ1) is 10.2. The molecule has 0 aliphatic rings. The quantitative estimate of drug-likeness (QED) is 0.872. The fraction of sp³-hybridized carbons (Fsp3) is 0.222. The first-order valence-corrected chi connectivity index (χ1v) is 6.96. The molecule has 2 aromatic rings. The van der Waals surface area contributed by atoms with Crippen LogP contribution in [0.25, 0.3) is 0 Å². The van der Waals surface area contributed by atoms with E-state index in [2.05, 4.69) is 11.4 Å². The third kappa shape index (κ3) is 3.70. The van der Waals surface area contributed by atoms with E-state index in [1.165, 1.54) is 0 Å². The SMILES string of the molecule is CC(=O)CC[C@@](C#N)(Nc1ccccc1)c1ccccc1. The van der Waals surface area contributed by atoms with Crippen molar-refractivity contribution in [2.45, 2.75) is 25.3 Å². The lowest BCUT2D eigenvalue weighted by atomic mass is 9.85. The molecule has 0 saturated heterocycles. The highest BCUT2D eigenvalue weighted by molar-refractivity contribution is 5.75. The zero-order valence-electron chi connectivity index (χ0n) is 12.0. The number of ketones is 1. The van der Waals surface area contributed by atoms with Crippen molar-refractivity contribution in [3.05, 3.63) is 66.2 Å². The van der Waals surface area contributed by atoms with Crippen LogP contribution < -0.4 is 5.32 Å². The Bertz CT molecular complexity index is 631. The van der Waals surface area contributed by atoms with Crippen LogP contribution in [0.5, 0.6) is 0 Å². The largest absolute Gasteiger partial charge is 0.364 e. The molecule has 3 nitrogen and oxygen atoms in total. The van der Waals surface area contributed by atoms with Gasteiger partial charge >= 0.3 is 0 Å². The van der Waals surface area contributed by atoms with Gasteiger partial charge in [-0.25, -0.2) is 0 Å². The molecule has 0 aromatic heterocycles. The number of nitrogens with zero attached hydrogens (tertiary/aromatic N) is 1. The molecule has 2 rings (SSSR count). The Hall–Kier alpha value is -2.60. The number of benzene rings is 2. The number of carbonyl (C=O) groups excluding carboxylic acids is 1. The van der Waals surface area contributed by atoms with E-state index in [-0.39, 0.29) is 5.78 Å². The fourth-order valence-corrected chi connectivity index (χ4v) is 2.28. The highest BCUT2D eigenvalue weighted by Crippen LogP contribution is 2.30. The standard InChI is InChI=1S/C18H18N2O/c1-15(21)12-13-18(14-19,16-8-4-2-5-9-16)20-17-10-6-3-7-11-17/h2-11,20H,12-13H2,1H3/t18-/m0/s1. The van der Waals surface area contributed by atoms with Gasteiger partial charge in [-0.2, -0.15) is 5.26 Å². The molecule has 0 heterocycles. The summed E-state index contributed by atoms with van der Waals surface area (Å²) in [5.74, 6) is 0.0837. The normalized spacial score (nSPS) is 13.0. The van der Waals surface area contributed by atoms with Crippen LogP contribution in [0, 0.1) is 11.3 Å². The maximum absolute atomic E-state index is 11.4. The number of carbonyl (C=O) groups is 1. The predicted molar refractivity (Wildman–Crippen MR) is 83.7 cm³/mol. The van der Waals surface area contributed by atoms with Crippen LogP contribution in [-0.2, 0) is 10.3 Å². The minimum absolute atomic E-state index is 0.0837. The molecule has 0 fully saturated rings. The minimum Gasteiger partial charge on any atom is -0.364 e. The van der Waals surface area contributed by atoms with Gasteiger partial charge in [-0.3, -0.25) is 0 Å². The Labute approximate surface area is 125 Å². The molecule has 0 unspecified atom stereocenters. The third-order valence-electron chi connectivity index (χ3n) is 3.44. The van der Waals surface area contributed by atoms with Gasteiger partial charge in [0, 0.05) is 12.1 Å². The van der Waals surface area contributed by atoms with E-state index in [9.17, 15) is 10.1 Å². The van der Waals surface area contributed by atoms with Gasteiger partial charge in [-0.15, -0.1) is 0 Å². The summed E-state index contributed by atoms with van der Waals surface area (Å²) in [6, 6.07) is 21.5. The van der Waals surface area contributed by atoms with Crippen LogP contribution in [0.4, 0.5) is 5.69 Å². The van der Waals surface area contributed by atoms with Crippen LogP contribution in [-0.4, -0.2) is 5.78 Å². The molecule has 1 N–H and O–H groups in total. The Kier molecular flexibility index (Phi) is 4.73. The van der Waals surface area contributed by atoms with Gasteiger partial charge in [0.15, 0.2) is 5.54 Å².